The number of anilines is 1. The molecule has 0 saturated heterocycles. The number of nitrogens with zero attached hydrogens (tertiary/aromatic N) is 3. The van der Waals surface area contributed by atoms with Crippen molar-refractivity contribution in [2.45, 2.75) is 38.1 Å². The number of hydrogen-bond acceptors (Lipinski definition) is 5. The summed E-state index contributed by atoms with van der Waals surface area (Å²) in [5.41, 5.74) is 1.59. The molecule has 2 heterocycles. The minimum absolute atomic E-state index is 0.146. The highest BCUT2D eigenvalue weighted by Crippen LogP contribution is 2.47. The number of hydrogen-bond donors (Lipinski definition) is 4. The van der Waals surface area contributed by atoms with E-state index < -0.39 is 6.09 Å². The molecule has 24 heavy (non-hydrogen) atoms. The number of amides is 1. The van der Waals surface area contributed by atoms with E-state index >= 15 is 0 Å². The number of aromatic nitrogens is 4. The topological polar surface area (TPSA) is 116 Å². The first-order chi connectivity index (χ1) is 11.4. The molecule has 3 rings (SSSR count). The number of carbonyl (C=O) groups is 1. The van der Waals surface area contributed by atoms with Gasteiger partial charge in [0.25, 0.3) is 0 Å². The van der Waals surface area contributed by atoms with Crippen LogP contribution in [0.4, 0.5) is 10.7 Å². The van der Waals surface area contributed by atoms with Crippen molar-refractivity contribution in [2.75, 3.05) is 11.9 Å². The van der Waals surface area contributed by atoms with Crippen LogP contribution >= 0.6 is 15.9 Å². The molecule has 0 spiro atoms. The summed E-state index contributed by atoms with van der Waals surface area (Å²) in [4.78, 5) is 27.2. The van der Waals surface area contributed by atoms with Crippen LogP contribution in [0.3, 0.4) is 0 Å². The van der Waals surface area contributed by atoms with Gasteiger partial charge < -0.3 is 20.7 Å². The molecule has 128 valence electrons. The van der Waals surface area contributed by atoms with Crippen molar-refractivity contribution in [2.24, 2.45) is 0 Å². The van der Waals surface area contributed by atoms with E-state index in [4.69, 9.17) is 5.11 Å². The Labute approximate surface area is 147 Å². The fourth-order valence-corrected chi connectivity index (χ4v) is 2.79. The Balaban J connectivity index is 1.73. The summed E-state index contributed by atoms with van der Waals surface area (Å²) in [6.07, 6.45) is 2.87. The van der Waals surface area contributed by atoms with E-state index in [2.05, 4.69) is 53.4 Å². The minimum Gasteiger partial charge on any atom is -0.465 e. The van der Waals surface area contributed by atoms with Crippen LogP contribution in [0.15, 0.2) is 16.9 Å². The molecule has 4 N–H and O–H groups in total. The number of halogens is 1. The van der Waals surface area contributed by atoms with Gasteiger partial charge in [0.1, 0.15) is 16.1 Å². The van der Waals surface area contributed by atoms with Crippen LogP contribution in [0.1, 0.15) is 32.5 Å². The average molecular weight is 395 g/mol. The summed E-state index contributed by atoms with van der Waals surface area (Å²) in [5.74, 6) is 1.40. The summed E-state index contributed by atoms with van der Waals surface area (Å²) in [7, 11) is 0. The Morgan fingerprint density at radius 2 is 2.25 bits per heavy atom. The molecule has 2 aromatic rings. The molecule has 0 radical (unpaired) electrons. The van der Waals surface area contributed by atoms with Crippen molar-refractivity contribution >= 4 is 28.0 Å². The third kappa shape index (κ3) is 3.66. The van der Waals surface area contributed by atoms with Crippen molar-refractivity contribution in [1.82, 2.24) is 25.3 Å². The lowest BCUT2D eigenvalue weighted by molar-refractivity contribution is 0.191. The first kappa shape index (κ1) is 16.7. The van der Waals surface area contributed by atoms with Gasteiger partial charge in [-0.2, -0.15) is 0 Å². The van der Waals surface area contributed by atoms with Gasteiger partial charge in [0.05, 0.1) is 5.69 Å². The Hall–Kier alpha value is -2.16. The van der Waals surface area contributed by atoms with E-state index in [1.54, 1.807) is 19.2 Å². The maximum Gasteiger partial charge on any atom is 0.404 e. The van der Waals surface area contributed by atoms with Crippen LogP contribution in [-0.4, -0.2) is 43.7 Å². The fraction of sp³-hybridized carbons (Fsp3) is 0.467. The summed E-state index contributed by atoms with van der Waals surface area (Å²) >= 11 is 3.51. The lowest BCUT2D eigenvalue weighted by atomic mass is 10.1. The zero-order valence-electron chi connectivity index (χ0n) is 13.4. The predicted molar refractivity (Wildman–Crippen MR) is 93.0 cm³/mol. The summed E-state index contributed by atoms with van der Waals surface area (Å²) in [6, 6.07) is 1.54. The van der Waals surface area contributed by atoms with Gasteiger partial charge in [-0.25, -0.2) is 19.7 Å². The normalized spacial score (nSPS) is 16.5. The van der Waals surface area contributed by atoms with Crippen LogP contribution in [0.25, 0.3) is 11.4 Å². The second-order valence-corrected chi connectivity index (χ2v) is 7.10. The van der Waals surface area contributed by atoms with Crippen molar-refractivity contribution in [1.29, 1.82) is 0 Å². The molecular formula is C15H19BrN6O2. The first-order valence-electron chi connectivity index (χ1n) is 7.70. The third-order valence-corrected chi connectivity index (χ3v) is 4.64. The van der Waals surface area contributed by atoms with Crippen molar-refractivity contribution in [3.63, 3.8) is 0 Å². The molecule has 0 aliphatic heterocycles. The Morgan fingerprint density at radius 3 is 2.92 bits per heavy atom. The molecule has 9 heteroatoms. The SMILES string of the molecule is CC(CNc1nccc(-c2nc(C3(C)CC3)[nH]c2Br)n1)NC(=O)O. The molecule has 1 aliphatic rings. The third-order valence-electron chi connectivity index (χ3n) is 4.07. The molecule has 8 nitrogen and oxygen atoms in total. The molecular weight excluding hydrogens is 376 g/mol. The highest BCUT2D eigenvalue weighted by Gasteiger charge is 2.42. The summed E-state index contributed by atoms with van der Waals surface area (Å²) in [5, 5.41) is 14.1. The number of carboxylic acid groups (broad SMARTS) is 1. The monoisotopic (exact) mass is 394 g/mol. The summed E-state index contributed by atoms with van der Waals surface area (Å²) < 4.78 is 0.802. The molecule has 1 saturated carbocycles. The molecule has 1 fully saturated rings. The van der Waals surface area contributed by atoms with Gasteiger partial charge in [0.2, 0.25) is 5.95 Å². The van der Waals surface area contributed by atoms with Gasteiger partial charge in [-0.05, 0) is 41.8 Å². The van der Waals surface area contributed by atoms with Crippen molar-refractivity contribution in [3.05, 3.63) is 22.7 Å². The van der Waals surface area contributed by atoms with Crippen LogP contribution in [0.5, 0.6) is 0 Å². The highest BCUT2D eigenvalue weighted by molar-refractivity contribution is 9.10. The van der Waals surface area contributed by atoms with E-state index in [0.717, 1.165) is 29.0 Å². The number of nitrogens with one attached hydrogen (secondary N) is 3. The second-order valence-electron chi connectivity index (χ2n) is 6.31. The average Bonchev–Trinajstić information content (AvgIpc) is 3.15. The zero-order valence-corrected chi connectivity index (χ0v) is 15.0. The zero-order chi connectivity index (χ0) is 17.3. The standard InChI is InChI=1S/C15H19BrN6O2/c1-8(19-14(23)24)7-18-13-17-6-3-9(20-13)10-11(16)22-12(21-10)15(2)4-5-15/h3,6,8,19H,4-5,7H2,1-2H3,(H,21,22)(H,23,24)(H,17,18,20). The maximum absolute atomic E-state index is 10.6. The maximum atomic E-state index is 10.6. The van der Waals surface area contributed by atoms with Crippen molar-refractivity contribution < 1.29 is 9.90 Å². The highest BCUT2D eigenvalue weighted by atomic mass is 79.9. The molecule has 0 bridgehead atoms. The molecule has 1 unspecified atom stereocenters. The Kier molecular flexibility index (Phi) is 4.44. The van der Waals surface area contributed by atoms with E-state index in [0.29, 0.717) is 18.2 Å². The summed E-state index contributed by atoms with van der Waals surface area (Å²) in [6.45, 7) is 4.34. The van der Waals surface area contributed by atoms with Crippen LogP contribution < -0.4 is 10.6 Å². The van der Waals surface area contributed by atoms with E-state index in [-0.39, 0.29) is 11.5 Å². The largest absolute Gasteiger partial charge is 0.465 e. The molecule has 2 aromatic heterocycles. The Bertz CT molecular complexity index is 758. The Morgan fingerprint density at radius 1 is 1.50 bits per heavy atom. The quantitative estimate of drug-likeness (QED) is 0.598. The smallest absolute Gasteiger partial charge is 0.404 e. The van der Waals surface area contributed by atoms with E-state index in [1.807, 2.05) is 0 Å². The van der Waals surface area contributed by atoms with Gasteiger partial charge in [0, 0.05) is 24.2 Å². The molecule has 0 aromatic carbocycles. The molecule has 1 atom stereocenters. The number of rotatable bonds is 6. The van der Waals surface area contributed by atoms with Gasteiger partial charge in [-0.1, -0.05) is 6.92 Å². The van der Waals surface area contributed by atoms with Gasteiger partial charge >= 0.3 is 6.09 Å². The second kappa shape index (κ2) is 6.39. The van der Waals surface area contributed by atoms with Gasteiger partial charge in [-0.3, -0.25) is 0 Å². The first-order valence-corrected chi connectivity index (χ1v) is 8.49. The van der Waals surface area contributed by atoms with Crippen LogP contribution in [0, 0.1) is 0 Å². The number of imidazole rings is 1. The van der Waals surface area contributed by atoms with Gasteiger partial charge in [-0.15, -0.1) is 0 Å². The molecule has 1 aliphatic carbocycles. The predicted octanol–water partition coefficient (Wildman–Crippen LogP) is 2.75. The lowest BCUT2D eigenvalue weighted by Crippen LogP contribution is -2.36. The lowest BCUT2D eigenvalue weighted by Gasteiger charge is -2.12. The molecule has 1 amide bonds. The fourth-order valence-electron chi connectivity index (χ4n) is 2.31. The number of H-pyrrole nitrogens is 1. The number of aromatic amines is 1. The van der Waals surface area contributed by atoms with Crippen molar-refractivity contribution in [3.8, 4) is 11.4 Å². The minimum atomic E-state index is -1.06. The van der Waals surface area contributed by atoms with Crippen LogP contribution in [-0.2, 0) is 5.41 Å². The van der Waals surface area contributed by atoms with E-state index in [1.165, 1.54) is 0 Å². The van der Waals surface area contributed by atoms with Crippen LogP contribution in [0.2, 0.25) is 0 Å². The van der Waals surface area contributed by atoms with E-state index in [9.17, 15) is 4.79 Å². The van der Waals surface area contributed by atoms with Gasteiger partial charge in [0.15, 0.2) is 0 Å².